The number of halogens is 2. The molecule has 0 radical (unpaired) electrons. The molecule has 3 aromatic rings. The first kappa shape index (κ1) is 14.8. The Labute approximate surface area is 135 Å². The first-order valence-electron chi connectivity index (χ1n) is 6.72. The molecule has 0 fully saturated rings. The van der Waals surface area contributed by atoms with E-state index < -0.39 is 11.7 Å². The molecule has 3 rings (SSSR count). The number of para-hydroxylation sites is 1. The summed E-state index contributed by atoms with van der Waals surface area (Å²) in [6, 6.07) is 10.2. The Bertz CT molecular complexity index is 886. The third kappa shape index (κ3) is 2.52. The van der Waals surface area contributed by atoms with E-state index in [4.69, 9.17) is 4.42 Å². The van der Waals surface area contributed by atoms with Crippen LogP contribution in [0.3, 0.4) is 0 Å². The molecule has 22 heavy (non-hydrogen) atoms. The van der Waals surface area contributed by atoms with Crippen LogP contribution in [0.2, 0.25) is 0 Å². The lowest BCUT2D eigenvalue weighted by molar-refractivity contribution is 0.0997. The lowest BCUT2D eigenvalue weighted by Gasteiger charge is -2.07. The molecule has 5 heteroatoms. The lowest BCUT2D eigenvalue weighted by atomic mass is 10.1. The van der Waals surface area contributed by atoms with E-state index in [9.17, 15) is 9.18 Å². The van der Waals surface area contributed by atoms with Crippen LogP contribution in [-0.2, 0) is 0 Å². The van der Waals surface area contributed by atoms with E-state index in [1.807, 2.05) is 19.1 Å². The minimum atomic E-state index is -0.473. The molecule has 0 saturated heterocycles. The average Bonchev–Trinajstić information content (AvgIpc) is 2.81. The number of nitrogens with one attached hydrogen (secondary N) is 1. The van der Waals surface area contributed by atoms with Gasteiger partial charge in [0.25, 0.3) is 5.91 Å². The Morgan fingerprint density at radius 3 is 2.68 bits per heavy atom. The molecule has 3 nitrogen and oxygen atoms in total. The standard InChI is InChI=1S/C17H13BrFNO2/c1-9-8-11(18)6-7-14(9)20-17(21)15-10(2)12-4-3-5-13(19)16(12)22-15/h3-8H,1-2H3,(H,20,21). The van der Waals surface area contributed by atoms with Gasteiger partial charge < -0.3 is 9.73 Å². The van der Waals surface area contributed by atoms with Crippen molar-refractivity contribution in [2.75, 3.05) is 5.32 Å². The minimum absolute atomic E-state index is 0.109. The molecule has 0 bridgehead atoms. The molecular weight excluding hydrogens is 349 g/mol. The van der Waals surface area contributed by atoms with E-state index in [0.29, 0.717) is 16.6 Å². The van der Waals surface area contributed by atoms with Crippen molar-refractivity contribution in [3.05, 3.63) is 63.6 Å². The van der Waals surface area contributed by atoms with Crippen molar-refractivity contribution >= 4 is 38.5 Å². The Morgan fingerprint density at radius 2 is 2.00 bits per heavy atom. The third-order valence-corrected chi connectivity index (χ3v) is 4.05. The summed E-state index contributed by atoms with van der Waals surface area (Å²) >= 11 is 3.38. The fraction of sp³-hybridized carbons (Fsp3) is 0.118. The van der Waals surface area contributed by atoms with E-state index in [1.165, 1.54) is 6.07 Å². The van der Waals surface area contributed by atoms with Gasteiger partial charge in [-0.1, -0.05) is 28.1 Å². The number of benzene rings is 2. The largest absolute Gasteiger partial charge is 0.448 e. The average molecular weight is 362 g/mol. The van der Waals surface area contributed by atoms with Crippen LogP contribution in [-0.4, -0.2) is 5.91 Å². The number of anilines is 1. The zero-order valence-corrected chi connectivity index (χ0v) is 13.6. The van der Waals surface area contributed by atoms with Gasteiger partial charge in [0.15, 0.2) is 17.2 Å². The summed E-state index contributed by atoms with van der Waals surface area (Å²) in [7, 11) is 0. The summed E-state index contributed by atoms with van der Waals surface area (Å²) in [6.07, 6.45) is 0. The van der Waals surface area contributed by atoms with Crippen LogP contribution >= 0.6 is 15.9 Å². The van der Waals surface area contributed by atoms with E-state index in [1.54, 1.807) is 25.1 Å². The van der Waals surface area contributed by atoms with Gasteiger partial charge in [-0.25, -0.2) is 4.39 Å². The van der Waals surface area contributed by atoms with Crippen molar-refractivity contribution in [1.82, 2.24) is 0 Å². The first-order chi connectivity index (χ1) is 10.5. The highest BCUT2D eigenvalue weighted by atomic mass is 79.9. The van der Waals surface area contributed by atoms with Gasteiger partial charge in [-0.15, -0.1) is 0 Å². The molecule has 0 saturated carbocycles. The molecule has 1 aromatic heterocycles. The topological polar surface area (TPSA) is 42.2 Å². The van der Waals surface area contributed by atoms with Gasteiger partial charge in [0.1, 0.15) is 0 Å². The number of hydrogen-bond acceptors (Lipinski definition) is 2. The Kier molecular flexibility index (Phi) is 3.74. The fourth-order valence-corrected chi connectivity index (χ4v) is 2.85. The number of carbonyl (C=O) groups is 1. The number of fused-ring (bicyclic) bond motifs is 1. The van der Waals surface area contributed by atoms with Crippen molar-refractivity contribution in [1.29, 1.82) is 0 Å². The lowest BCUT2D eigenvalue weighted by Crippen LogP contribution is -2.13. The molecule has 1 N–H and O–H groups in total. The second-order valence-electron chi connectivity index (χ2n) is 5.09. The number of furan rings is 1. The van der Waals surface area contributed by atoms with Crippen LogP contribution in [0, 0.1) is 19.7 Å². The molecule has 0 aliphatic heterocycles. The van der Waals surface area contributed by atoms with Gasteiger partial charge >= 0.3 is 0 Å². The second kappa shape index (κ2) is 5.57. The molecule has 0 atom stereocenters. The molecule has 0 spiro atoms. The molecule has 0 aliphatic carbocycles. The highest BCUT2D eigenvalue weighted by Gasteiger charge is 2.20. The van der Waals surface area contributed by atoms with E-state index >= 15 is 0 Å². The van der Waals surface area contributed by atoms with Crippen LogP contribution in [0.4, 0.5) is 10.1 Å². The third-order valence-electron chi connectivity index (χ3n) is 3.56. The summed E-state index contributed by atoms with van der Waals surface area (Å²) in [6.45, 7) is 3.64. The zero-order valence-electron chi connectivity index (χ0n) is 12.0. The molecule has 0 aliphatic rings. The Hall–Kier alpha value is -2.14. The van der Waals surface area contributed by atoms with Crippen molar-refractivity contribution in [3.8, 4) is 0 Å². The quantitative estimate of drug-likeness (QED) is 0.681. The van der Waals surface area contributed by atoms with E-state index in [2.05, 4.69) is 21.2 Å². The van der Waals surface area contributed by atoms with Crippen LogP contribution in [0.25, 0.3) is 11.0 Å². The maximum atomic E-state index is 13.7. The Morgan fingerprint density at radius 1 is 1.23 bits per heavy atom. The molecule has 0 unspecified atom stereocenters. The van der Waals surface area contributed by atoms with Crippen LogP contribution in [0.1, 0.15) is 21.7 Å². The Balaban J connectivity index is 1.99. The predicted molar refractivity (Wildman–Crippen MR) is 87.7 cm³/mol. The zero-order chi connectivity index (χ0) is 15.9. The number of amides is 1. The minimum Gasteiger partial charge on any atom is -0.448 e. The number of carbonyl (C=O) groups excluding carboxylic acids is 1. The number of rotatable bonds is 2. The smallest absolute Gasteiger partial charge is 0.291 e. The molecule has 2 aromatic carbocycles. The number of hydrogen-bond donors (Lipinski definition) is 1. The first-order valence-corrected chi connectivity index (χ1v) is 7.52. The van der Waals surface area contributed by atoms with Crippen LogP contribution in [0.15, 0.2) is 45.3 Å². The van der Waals surface area contributed by atoms with E-state index in [0.717, 1.165) is 10.0 Å². The van der Waals surface area contributed by atoms with Gasteiger partial charge in [-0.05, 0) is 43.7 Å². The summed E-state index contributed by atoms with van der Waals surface area (Å²) in [5.41, 5.74) is 2.34. The van der Waals surface area contributed by atoms with Gasteiger partial charge in [-0.3, -0.25) is 4.79 Å². The van der Waals surface area contributed by atoms with Crippen molar-refractivity contribution < 1.29 is 13.6 Å². The molecule has 1 heterocycles. The highest BCUT2D eigenvalue weighted by molar-refractivity contribution is 9.10. The van der Waals surface area contributed by atoms with E-state index in [-0.39, 0.29) is 11.3 Å². The molecule has 1 amide bonds. The van der Waals surface area contributed by atoms with Crippen LogP contribution < -0.4 is 5.32 Å². The predicted octanol–water partition coefficient (Wildman–Crippen LogP) is 5.20. The summed E-state index contributed by atoms with van der Waals surface area (Å²) in [5.74, 6) is -0.736. The van der Waals surface area contributed by atoms with Gasteiger partial charge in [0.2, 0.25) is 0 Å². The normalized spacial score (nSPS) is 10.9. The van der Waals surface area contributed by atoms with Gasteiger partial charge in [0.05, 0.1) is 0 Å². The summed E-state index contributed by atoms with van der Waals surface area (Å²) in [5, 5.41) is 3.41. The maximum absolute atomic E-state index is 13.7. The monoisotopic (exact) mass is 361 g/mol. The maximum Gasteiger partial charge on any atom is 0.291 e. The fourth-order valence-electron chi connectivity index (χ4n) is 2.37. The van der Waals surface area contributed by atoms with Crippen molar-refractivity contribution in [3.63, 3.8) is 0 Å². The summed E-state index contributed by atoms with van der Waals surface area (Å²) < 4.78 is 20.1. The van der Waals surface area contributed by atoms with Crippen molar-refractivity contribution in [2.45, 2.75) is 13.8 Å². The van der Waals surface area contributed by atoms with Crippen molar-refractivity contribution in [2.24, 2.45) is 0 Å². The van der Waals surface area contributed by atoms with Gasteiger partial charge in [-0.2, -0.15) is 0 Å². The molecule has 112 valence electrons. The molecular formula is C17H13BrFNO2. The highest BCUT2D eigenvalue weighted by Crippen LogP contribution is 2.28. The van der Waals surface area contributed by atoms with Gasteiger partial charge in [0, 0.05) is 21.1 Å². The van der Waals surface area contributed by atoms with Crippen LogP contribution in [0.5, 0.6) is 0 Å². The SMILES string of the molecule is Cc1cc(Br)ccc1NC(=O)c1oc2c(F)cccc2c1C. The second-order valence-corrected chi connectivity index (χ2v) is 6.00. The number of aryl methyl sites for hydroxylation is 2. The summed E-state index contributed by atoms with van der Waals surface area (Å²) in [4.78, 5) is 12.4.